The van der Waals surface area contributed by atoms with Crippen LogP contribution in [0.25, 0.3) is 0 Å². The van der Waals surface area contributed by atoms with E-state index in [1.54, 1.807) is 6.20 Å². The number of unbranched alkanes of at least 4 members (excludes halogenated alkanes) is 7. The Morgan fingerprint density at radius 2 is 1.68 bits per heavy atom. The second kappa shape index (κ2) is 10.8. The molecule has 0 aliphatic heterocycles. The highest BCUT2D eigenvalue weighted by atomic mass is 16.5. The van der Waals surface area contributed by atoms with E-state index in [1.807, 2.05) is 12.1 Å². The highest BCUT2D eigenvalue weighted by molar-refractivity contribution is 5.19. The van der Waals surface area contributed by atoms with Crippen molar-refractivity contribution in [3.05, 3.63) is 24.0 Å². The molecule has 0 aliphatic carbocycles. The summed E-state index contributed by atoms with van der Waals surface area (Å²) in [7, 11) is 0. The third-order valence-electron chi connectivity index (χ3n) is 3.27. The molecule has 108 valence electrons. The average Bonchev–Trinajstić information content (AvgIpc) is 2.46. The Hall–Kier alpha value is -1.09. The largest absolute Gasteiger partial charge is 0.492 e. The lowest BCUT2D eigenvalue weighted by molar-refractivity contribution is 0.303. The molecule has 0 spiro atoms. The molecule has 0 radical (unpaired) electrons. The van der Waals surface area contributed by atoms with E-state index in [2.05, 4.69) is 11.9 Å². The molecule has 0 aliphatic rings. The van der Waals surface area contributed by atoms with Crippen LogP contribution in [-0.2, 0) is 6.54 Å². The van der Waals surface area contributed by atoms with Crippen molar-refractivity contribution in [2.75, 3.05) is 6.61 Å². The zero-order valence-corrected chi connectivity index (χ0v) is 12.2. The van der Waals surface area contributed by atoms with E-state index >= 15 is 0 Å². The minimum Gasteiger partial charge on any atom is -0.492 e. The second-order valence-electron chi connectivity index (χ2n) is 5.01. The molecule has 0 aromatic carbocycles. The van der Waals surface area contributed by atoms with Crippen molar-refractivity contribution in [1.29, 1.82) is 0 Å². The minimum atomic E-state index is 0.484. The van der Waals surface area contributed by atoms with Crippen LogP contribution in [0.3, 0.4) is 0 Å². The van der Waals surface area contributed by atoms with Crippen molar-refractivity contribution in [2.45, 2.75) is 64.8 Å². The van der Waals surface area contributed by atoms with Crippen molar-refractivity contribution < 1.29 is 4.74 Å². The summed E-state index contributed by atoms with van der Waals surface area (Å²) in [5, 5.41) is 0. The lowest BCUT2D eigenvalue weighted by atomic mass is 10.1. The van der Waals surface area contributed by atoms with Gasteiger partial charge in [-0.25, -0.2) is 0 Å². The molecule has 3 heteroatoms. The highest BCUT2D eigenvalue weighted by Crippen LogP contribution is 2.11. The fourth-order valence-electron chi connectivity index (χ4n) is 2.04. The molecule has 0 bridgehead atoms. The molecule has 1 aromatic rings. The number of ether oxygens (including phenoxy) is 1. The Morgan fingerprint density at radius 1 is 1.00 bits per heavy atom. The summed E-state index contributed by atoms with van der Waals surface area (Å²) in [5.41, 5.74) is 6.40. The van der Waals surface area contributed by atoms with Gasteiger partial charge in [0.1, 0.15) is 5.75 Å². The van der Waals surface area contributed by atoms with Gasteiger partial charge in [-0.3, -0.25) is 4.98 Å². The summed E-state index contributed by atoms with van der Waals surface area (Å²) in [6.07, 6.45) is 12.3. The fourth-order valence-corrected chi connectivity index (χ4v) is 2.04. The van der Waals surface area contributed by atoms with Gasteiger partial charge in [0.2, 0.25) is 0 Å². The molecule has 0 atom stereocenters. The number of rotatable bonds is 11. The summed E-state index contributed by atoms with van der Waals surface area (Å²) < 4.78 is 5.65. The molecule has 2 N–H and O–H groups in total. The van der Waals surface area contributed by atoms with Crippen LogP contribution in [0.15, 0.2) is 18.3 Å². The number of nitrogens with two attached hydrogens (primary N) is 1. The smallest absolute Gasteiger partial charge is 0.137 e. The standard InChI is InChI=1S/C16H28N2O/c1-2-3-4-5-6-7-8-9-12-19-16-11-10-15(13-17)18-14-16/h10-11,14H,2-9,12-13,17H2,1H3. The molecular weight excluding hydrogens is 236 g/mol. The molecule has 1 rings (SSSR count). The van der Waals surface area contributed by atoms with Crippen LogP contribution in [0, 0.1) is 0 Å². The Labute approximate surface area is 117 Å². The number of pyridine rings is 1. The van der Waals surface area contributed by atoms with Crippen LogP contribution in [0.2, 0.25) is 0 Å². The number of hydrogen-bond acceptors (Lipinski definition) is 3. The maximum absolute atomic E-state index is 5.65. The monoisotopic (exact) mass is 264 g/mol. The quantitative estimate of drug-likeness (QED) is 0.613. The van der Waals surface area contributed by atoms with Gasteiger partial charge in [0.05, 0.1) is 18.5 Å². The Bertz CT molecular complexity index is 311. The highest BCUT2D eigenvalue weighted by Gasteiger charge is 1.96. The Kier molecular flexibility index (Phi) is 9.07. The summed E-state index contributed by atoms with van der Waals surface area (Å²) in [4.78, 5) is 4.20. The van der Waals surface area contributed by atoms with Crippen LogP contribution in [-0.4, -0.2) is 11.6 Å². The van der Waals surface area contributed by atoms with E-state index in [-0.39, 0.29) is 0 Å². The summed E-state index contributed by atoms with van der Waals surface area (Å²) in [5.74, 6) is 0.847. The first-order valence-corrected chi connectivity index (χ1v) is 7.64. The second-order valence-corrected chi connectivity index (χ2v) is 5.01. The predicted molar refractivity (Wildman–Crippen MR) is 80.2 cm³/mol. The minimum absolute atomic E-state index is 0.484. The molecule has 3 nitrogen and oxygen atoms in total. The van der Waals surface area contributed by atoms with Crippen molar-refractivity contribution >= 4 is 0 Å². The predicted octanol–water partition coefficient (Wildman–Crippen LogP) is 4.06. The van der Waals surface area contributed by atoms with E-state index in [9.17, 15) is 0 Å². The number of aromatic nitrogens is 1. The summed E-state index contributed by atoms with van der Waals surface area (Å²) in [6, 6.07) is 3.86. The van der Waals surface area contributed by atoms with Gasteiger partial charge in [-0.15, -0.1) is 0 Å². The van der Waals surface area contributed by atoms with Crippen LogP contribution >= 0.6 is 0 Å². The lowest BCUT2D eigenvalue weighted by Crippen LogP contribution is -2.01. The summed E-state index contributed by atoms with van der Waals surface area (Å²) in [6.45, 7) is 3.53. The van der Waals surface area contributed by atoms with Gasteiger partial charge in [-0.2, -0.15) is 0 Å². The third-order valence-corrected chi connectivity index (χ3v) is 3.27. The molecule has 0 saturated heterocycles. The van der Waals surface area contributed by atoms with E-state index in [0.29, 0.717) is 6.54 Å². The lowest BCUT2D eigenvalue weighted by Gasteiger charge is -2.06. The van der Waals surface area contributed by atoms with E-state index in [1.165, 1.54) is 44.9 Å². The zero-order valence-electron chi connectivity index (χ0n) is 12.2. The first-order chi connectivity index (χ1) is 9.36. The average molecular weight is 264 g/mol. The maximum Gasteiger partial charge on any atom is 0.137 e. The van der Waals surface area contributed by atoms with Gasteiger partial charge in [0.25, 0.3) is 0 Å². The maximum atomic E-state index is 5.65. The SMILES string of the molecule is CCCCCCCCCCOc1ccc(CN)nc1. The molecule has 0 amide bonds. The van der Waals surface area contributed by atoms with Gasteiger partial charge in [0, 0.05) is 6.54 Å². The molecule has 1 aromatic heterocycles. The van der Waals surface area contributed by atoms with Crippen LogP contribution in [0.5, 0.6) is 5.75 Å². The van der Waals surface area contributed by atoms with Gasteiger partial charge < -0.3 is 10.5 Å². The molecule has 0 saturated carbocycles. The zero-order chi connectivity index (χ0) is 13.8. The molecule has 0 fully saturated rings. The molecule has 1 heterocycles. The van der Waals surface area contributed by atoms with E-state index in [4.69, 9.17) is 10.5 Å². The fraction of sp³-hybridized carbons (Fsp3) is 0.688. The van der Waals surface area contributed by atoms with Gasteiger partial charge >= 0.3 is 0 Å². The van der Waals surface area contributed by atoms with Crippen LogP contribution < -0.4 is 10.5 Å². The first kappa shape index (κ1) is 16.0. The van der Waals surface area contributed by atoms with Gasteiger partial charge in [-0.1, -0.05) is 51.9 Å². The molecule has 0 unspecified atom stereocenters. The third kappa shape index (κ3) is 7.83. The van der Waals surface area contributed by atoms with Crippen molar-refractivity contribution in [3.63, 3.8) is 0 Å². The summed E-state index contributed by atoms with van der Waals surface area (Å²) >= 11 is 0. The Balaban J connectivity index is 1.95. The van der Waals surface area contributed by atoms with Gasteiger partial charge in [0.15, 0.2) is 0 Å². The molecular formula is C16H28N2O. The number of hydrogen-bond donors (Lipinski definition) is 1. The van der Waals surface area contributed by atoms with Crippen LogP contribution in [0.4, 0.5) is 0 Å². The van der Waals surface area contributed by atoms with Gasteiger partial charge in [-0.05, 0) is 18.6 Å². The van der Waals surface area contributed by atoms with Crippen molar-refractivity contribution in [2.24, 2.45) is 5.73 Å². The van der Waals surface area contributed by atoms with Crippen LogP contribution in [0.1, 0.15) is 64.0 Å². The van der Waals surface area contributed by atoms with Crippen molar-refractivity contribution in [3.8, 4) is 5.75 Å². The van der Waals surface area contributed by atoms with E-state index in [0.717, 1.165) is 24.5 Å². The normalized spacial score (nSPS) is 10.6. The van der Waals surface area contributed by atoms with E-state index < -0.39 is 0 Å². The van der Waals surface area contributed by atoms with Crippen molar-refractivity contribution in [1.82, 2.24) is 4.98 Å². The molecule has 19 heavy (non-hydrogen) atoms. The topological polar surface area (TPSA) is 48.1 Å². The number of nitrogens with zero attached hydrogens (tertiary/aromatic N) is 1. The Morgan fingerprint density at radius 3 is 2.26 bits per heavy atom. The first-order valence-electron chi connectivity index (χ1n) is 7.64.